The largest absolute Gasteiger partial charge is 0.508 e. The second-order valence-corrected chi connectivity index (χ2v) is 14.1. The molecule has 2 aliphatic rings. The molecule has 2 aromatic rings. The molecule has 7 heteroatoms. The first-order chi connectivity index (χ1) is 20.3. The summed E-state index contributed by atoms with van der Waals surface area (Å²) in [7, 11) is 0. The van der Waals surface area contributed by atoms with Gasteiger partial charge in [-0.05, 0) is 101 Å². The van der Waals surface area contributed by atoms with Gasteiger partial charge >= 0.3 is 5.97 Å². The molecule has 1 saturated carbocycles. The number of hydrogen-bond donors (Lipinski definition) is 1. The van der Waals surface area contributed by atoms with E-state index >= 15 is 0 Å². The molecular formula is C36H51NO6. The number of carbonyl (C=O) groups is 2. The van der Waals surface area contributed by atoms with Gasteiger partial charge in [0.25, 0.3) is 0 Å². The average molecular weight is 594 g/mol. The first-order valence-corrected chi connectivity index (χ1v) is 16.0. The standard InChI is InChI=1S/C36H51NO6/c1-7-41-32(39)27-10-18-31(19-11-27)43-30-16-8-26(9-17-30)24-37(33(40)34(2,3)4)22-20-36(21-23-42-35(5,6)25-36)28-12-14-29(38)15-13-28/h8-9,12-17,27,31,38H,7,10-11,18-25H2,1-6H3/t27-,31-,36?. The third-order valence-electron chi connectivity index (χ3n) is 9.00. The van der Waals surface area contributed by atoms with Gasteiger partial charge in [-0.25, -0.2) is 0 Å². The van der Waals surface area contributed by atoms with Crippen LogP contribution in [-0.2, 0) is 31.0 Å². The molecular weight excluding hydrogens is 542 g/mol. The van der Waals surface area contributed by atoms with Gasteiger partial charge in [0.05, 0.1) is 24.2 Å². The van der Waals surface area contributed by atoms with Crippen LogP contribution in [0.5, 0.6) is 11.5 Å². The summed E-state index contributed by atoms with van der Waals surface area (Å²) in [5, 5.41) is 9.94. The molecule has 1 atom stereocenters. The molecule has 1 aliphatic carbocycles. The van der Waals surface area contributed by atoms with Crippen molar-refractivity contribution in [2.24, 2.45) is 11.3 Å². The van der Waals surface area contributed by atoms with Crippen molar-refractivity contribution in [3.8, 4) is 11.5 Å². The molecule has 1 N–H and O–H groups in total. The van der Waals surface area contributed by atoms with Crippen molar-refractivity contribution in [2.45, 2.75) is 110 Å². The van der Waals surface area contributed by atoms with Crippen LogP contribution in [0.3, 0.4) is 0 Å². The minimum Gasteiger partial charge on any atom is -0.508 e. The summed E-state index contributed by atoms with van der Waals surface area (Å²) < 4.78 is 17.5. The van der Waals surface area contributed by atoms with Crippen molar-refractivity contribution in [2.75, 3.05) is 19.8 Å². The molecule has 1 aliphatic heterocycles. The van der Waals surface area contributed by atoms with Crippen LogP contribution in [0, 0.1) is 11.3 Å². The van der Waals surface area contributed by atoms with Gasteiger partial charge in [0, 0.05) is 30.5 Å². The number of ether oxygens (including phenoxy) is 3. The minimum absolute atomic E-state index is 0.0195. The van der Waals surface area contributed by atoms with E-state index in [2.05, 4.69) is 26.0 Å². The summed E-state index contributed by atoms with van der Waals surface area (Å²) in [6.45, 7) is 14.3. The fourth-order valence-corrected chi connectivity index (χ4v) is 6.73. The molecule has 1 unspecified atom stereocenters. The Kier molecular flexibility index (Phi) is 10.5. The van der Waals surface area contributed by atoms with Crippen molar-refractivity contribution in [3.05, 3.63) is 59.7 Å². The van der Waals surface area contributed by atoms with Gasteiger partial charge in [0.1, 0.15) is 11.5 Å². The normalized spacial score (nSPS) is 23.8. The summed E-state index contributed by atoms with van der Waals surface area (Å²) in [5.74, 6) is 1.08. The number of phenols is 1. The Labute approximate surface area is 257 Å². The van der Waals surface area contributed by atoms with Gasteiger partial charge in [-0.3, -0.25) is 9.59 Å². The molecule has 1 saturated heterocycles. The van der Waals surface area contributed by atoms with E-state index in [4.69, 9.17) is 14.2 Å². The minimum atomic E-state index is -0.508. The molecule has 0 radical (unpaired) electrons. The van der Waals surface area contributed by atoms with Crippen molar-refractivity contribution in [1.29, 1.82) is 0 Å². The fraction of sp³-hybridized carbons (Fsp3) is 0.611. The molecule has 2 fully saturated rings. The number of benzene rings is 2. The lowest BCUT2D eigenvalue weighted by Gasteiger charge is -2.46. The first-order valence-electron chi connectivity index (χ1n) is 16.0. The Morgan fingerprint density at radius 3 is 2.23 bits per heavy atom. The Balaban J connectivity index is 1.44. The zero-order valence-electron chi connectivity index (χ0n) is 27.0. The molecule has 7 nitrogen and oxygen atoms in total. The number of amides is 1. The van der Waals surface area contributed by atoms with Gasteiger partial charge in [-0.1, -0.05) is 45.0 Å². The second kappa shape index (κ2) is 13.7. The quantitative estimate of drug-likeness (QED) is 0.294. The Hall–Kier alpha value is -3.06. The monoisotopic (exact) mass is 593 g/mol. The molecule has 0 aromatic heterocycles. The number of phenolic OH excluding ortho intramolecular Hbond substituents is 1. The van der Waals surface area contributed by atoms with Crippen LogP contribution in [0.15, 0.2) is 48.5 Å². The van der Waals surface area contributed by atoms with Gasteiger partial charge in [0.15, 0.2) is 0 Å². The summed E-state index contributed by atoms with van der Waals surface area (Å²) >= 11 is 0. The molecule has 2 aromatic carbocycles. The predicted octanol–water partition coefficient (Wildman–Crippen LogP) is 7.18. The van der Waals surface area contributed by atoms with Crippen LogP contribution < -0.4 is 4.74 Å². The van der Waals surface area contributed by atoms with E-state index in [1.165, 1.54) is 5.56 Å². The third-order valence-corrected chi connectivity index (χ3v) is 9.00. The lowest BCUT2D eigenvalue weighted by molar-refractivity contribution is -0.149. The maximum absolute atomic E-state index is 13.7. The lowest BCUT2D eigenvalue weighted by atomic mass is 9.67. The van der Waals surface area contributed by atoms with E-state index in [1.54, 1.807) is 12.1 Å². The highest BCUT2D eigenvalue weighted by molar-refractivity contribution is 5.81. The topological polar surface area (TPSA) is 85.3 Å². The number of rotatable bonds is 10. The highest BCUT2D eigenvalue weighted by Crippen LogP contribution is 2.44. The van der Waals surface area contributed by atoms with Gasteiger partial charge in [0.2, 0.25) is 5.91 Å². The molecule has 1 heterocycles. The van der Waals surface area contributed by atoms with E-state index in [9.17, 15) is 14.7 Å². The molecule has 4 rings (SSSR count). The zero-order chi connectivity index (χ0) is 31.3. The van der Waals surface area contributed by atoms with Crippen LogP contribution in [0.2, 0.25) is 0 Å². The Morgan fingerprint density at radius 1 is 1.00 bits per heavy atom. The number of nitrogens with zero attached hydrogens (tertiary/aromatic N) is 1. The van der Waals surface area contributed by atoms with E-state index in [0.717, 1.165) is 56.3 Å². The molecule has 0 spiro atoms. The third kappa shape index (κ3) is 8.75. The lowest BCUT2D eigenvalue weighted by Crippen LogP contribution is -2.47. The summed E-state index contributed by atoms with van der Waals surface area (Å²) in [5.41, 5.74) is 1.30. The van der Waals surface area contributed by atoms with Crippen molar-refractivity contribution >= 4 is 11.9 Å². The van der Waals surface area contributed by atoms with Crippen LogP contribution in [-0.4, -0.2) is 53.3 Å². The van der Waals surface area contributed by atoms with Crippen molar-refractivity contribution < 1.29 is 28.9 Å². The number of carbonyl (C=O) groups excluding carboxylic acids is 2. The van der Waals surface area contributed by atoms with Crippen LogP contribution >= 0.6 is 0 Å². The smallest absolute Gasteiger partial charge is 0.308 e. The van der Waals surface area contributed by atoms with Gasteiger partial charge < -0.3 is 24.2 Å². The zero-order valence-corrected chi connectivity index (χ0v) is 27.0. The highest BCUT2D eigenvalue weighted by Gasteiger charge is 2.42. The maximum Gasteiger partial charge on any atom is 0.308 e. The second-order valence-electron chi connectivity index (χ2n) is 14.1. The number of aromatic hydroxyl groups is 1. The first kappa shape index (κ1) is 32.8. The van der Waals surface area contributed by atoms with E-state index in [-0.39, 0.29) is 40.7 Å². The number of esters is 1. The Morgan fingerprint density at radius 2 is 1.65 bits per heavy atom. The van der Waals surface area contributed by atoms with Gasteiger partial charge in [-0.15, -0.1) is 0 Å². The average Bonchev–Trinajstić information content (AvgIpc) is 2.95. The molecule has 43 heavy (non-hydrogen) atoms. The predicted molar refractivity (Wildman–Crippen MR) is 168 cm³/mol. The van der Waals surface area contributed by atoms with Crippen LogP contribution in [0.1, 0.15) is 97.6 Å². The maximum atomic E-state index is 13.7. The van der Waals surface area contributed by atoms with E-state index in [1.807, 2.05) is 56.9 Å². The van der Waals surface area contributed by atoms with Crippen LogP contribution in [0.25, 0.3) is 0 Å². The SMILES string of the molecule is CCOC(=O)[C@H]1CC[C@H](Oc2ccc(CN(CCC3(c4ccc(O)cc4)CCOC(C)(C)C3)C(=O)C(C)(C)C)cc2)CC1. The Bertz CT molecular complexity index is 1210. The van der Waals surface area contributed by atoms with E-state index in [0.29, 0.717) is 26.3 Å². The molecule has 0 bridgehead atoms. The fourth-order valence-electron chi connectivity index (χ4n) is 6.73. The van der Waals surface area contributed by atoms with E-state index < -0.39 is 5.41 Å². The summed E-state index contributed by atoms with van der Waals surface area (Å²) in [6, 6.07) is 15.6. The van der Waals surface area contributed by atoms with Gasteiger partial charge in [-0.2, -0.15) is 0 Å². The van der Waals surface area contributed by atoms with Crippen LogP contribution in [0.4, 0.5) is 0 Å². The summed E-state index contributed by atoms with van der Waals surface area (Å²) in [6.07, 6.45) is 5.87. The summed E-state index contributed by atoms with van der Waals surface area (Å²) in [4.78, 5) is 27.8. The molecule has 1 amide bonds. The molecule has 236 valence electrons. The van der Waals surface area contributed by atoms with Crippen molar-refractivity contribution in [1.82, 2.24) is 4.90 Å². The number of hydrogen-bond acceptors (Lipinski definition) is 6. The van der Waals surface area contributed by atoms with Crippen molar-refractivity contribution in [3.63, 3.8) is 0 Å². The highest BCUT2D eigenvalue weighted by atomic mass is 16.5.